The van der Waals surface area contributed by atoms with Crippen molar-refractivity contribution in [1.29, 1.82) is 0 Å². The van der Waals surface area contributed by atoms with Crippen molar-refractivity contribution in [2.75, 3.05) is 5.32 Å². The summed E-state index contributed by atoms with van der Waals surface area (Å²) in [5.74, 6) is 0.387. The summed E-state index contributed by atoms with van der Waals surface area (Å²) >= 11 is 0. The standard InChI is InChI=1S/C22H20N4O4/c1-13(2)29-18-10-5-4-9-16(18)20-25-26-21(28)17(12-23-22(26)30-20)24-19(27)15-8-6-7-14(3)11-15/h4-13H,1-3H3,(H,24,27). The van der Waals surface area contributed by atoms with Gasteiger partial charge in [0.25, 0.3) is 11.8 Å². The molecule has 8 nitrogen and oxygen atoms in total. The van der Waals surface area contributed by atoms with Crippen LogP contribution in [0.5, 0.6) is 5.75 Å². The number of rotatable bonds is 5. The summed E-state index contributed by atoms with van der Waals surface area (Å²) in [6.45, 7) is 5.72. The molecule has 2 heterocycles. The van der Waals surface area contributed by atoms with Crippen molar-refractivity contribution in [3.63, 3.8) is 0 Å². The Morgan fingerprint density at radius 2 is 1.97 bits per heavy atom. The lowest BCUT2D eigenvalue weighted by Gasteiger charge is -2.11. The number of ether oxygens (including phenoxy) is 1. The van der Waals surface area contributed by atoms with Gasteiger partial charge in [0.15, 0.2) is 0 Å². The Balaban J connectivity index is 1.70. The number of amides is 1. The third kappa shape index (κ3) is 3.80. The van der Waals surface area contributed by atoms with Crippen LogP contribution < -0.4 is 15.6 Å². The third-order valence-electron chi connectivity index (χ3n) is 4.30. The summed E-state index contributed by atoms with van der Waals surface area (Å²) in [5.41, 5.74) is 1.45. The molecule has 0 saturated carbocycles. The van der Waals surface area contributed by atoms with Gasteiger partial charge in [-0.2, -0.15) is 0 Å². The SMILES string of the molecule is Cc1cccc(C(=O)Nc2cnc3oc(-c4ccccc4OC(C)C)nn3c2=O)c1. The average molecular weight is 404 g/mol. The first-order valence-electron chi connectivity index (χ1n) is 9.45. The molecule has 0 atom stereocenters. The van der Waals surface area contributed by atoms with Gasteiger partial charge in [0.2, 0.25) is 0 Å². The molecule has 0 aliphatic rings. The third-order valence-corrected chi connectivity index (χ3v) is 4.30. The molecular weight excluding hydrogens is 384 g/mol. The molecule has 30 heavy (non-hydrogen) atoms. The van der Waals surface area contributed by atoms with Crippen molar-refractivity contribution in [1.82, 2.24) is 14.6 Å². The second-order valence-corrected chi connectivity index (χ2v) is 7.06. The van der Waals surface area contributed by atoms with Crippen LogP contribution in [0, 0.1) is 6.92 Å². The first-order chi connectivity index (χ1) is 14.4. The van der Waals surface area contributed by atoms with Gasteiger partial charge in [-0.05, 0) is 45.0 Å². The molecule has 8 heteroatoms. The van der Waals surface area contributed by atoms with Crippen LogP contribution in [0.1, 0.15) is 29.8 Å². The van der Waals surface area contributed by atoms with Crippen molar-refractivity contribution >= 4 is 17.4 Å². The monoisotopic (exact) mass is 404 g/mol. The maximum absolute atomic E-state index is 12.8. The van der Waals surface area contributed by atoms with Gasteiger partial charge in [-0.25, -0.2) is 4.98 Å². The van der Waals surface area contributed by atoms with Crippen molar-refractivity contribution in [2.24, 2.45) is 0 Å². The van der Waals surface area contributed by atoms with E-state index in [0.29, 0.717) is 16.9 Å². The quantitative estimate of drug-likeness (QED) is 0.545. The van der Waals surface area contributed by atoms with E-state index in [1.807, 2.05) is 39.0 Å². The smallest absolute Gasteiger partial charge is 0.328 e. The normalized spacial score (nSPS) is 11.1. The van der Waals surface area contributed by atoms with Crippen LogP contribution in [-0.4, -0.2) is 26.6 Å². The fraction of sp³-hybridized carbons (Fsp3) is 0.182. The summed E-state index contributed by atoms with van der Waals surface area (Å²) in [4.78, 5) is 29.4. The molecule has 0 bridgehead atoms. The van der Waals surface area contributed by atoms with Gasteiger partial charge in [0, 0.05) is 5.56 Å². The van der Waals surface area contributed by atoms with E-state index in [9.17, 15) is 9.59 Å². The van der Waals surface area contributed by atoms with E-state index in [0.717, 1.165) is 10.1 Å². The molecule has 0 spiro atoms. The lowest BCUT2D eigenvalue weighted by Crippen LogP contribution is -2.23. The van der Waals surface area contributed by atoms with Crippen molar-refractivity contribution in [2.45, 2.75) is 26.9 Å². The number of nitrogens with one attached hydrogen (secondary N) is 1. The molecule has 2 aromatic carbocycles. The van der Waals surface area contributed by atoms with Crippen molar-refractivity contribution in [3.8, 4) is 17.2 Å². The number of para-hydroxylation sites is 1. The Labute approximate surface area is 172 Å². The molecule has 1 N–H and O–H groups in total. The molecule has 0 aliphatic carbocycles. The highest BCUT2D eigenvalue weighted by Gasteiger charge is 2.18. The minimum atomic E-state index is -0.543. The van der Waals surface area contributed by atoms with E-state index in [4.69, 9.17) is 9.15 Å². The lowest BCUT2D eigenvalue weighted by molar-refractivity contribution is 0.102. The Kier molecular flexibility index (Phi) is 5.05. The number of nitrogens with zero attached hydrogens (tertiary/aromatic N) is 3. The van der Waals surface area contributed by atoms with Gasteiger partial charge in [-0.15, -0.1) is 9.61 Å². The summed E-state index contributed by atoms with van der Waals surface area (Å²) in [7, 11) is 0. The molecule has 152 valence electrons. The second-order valence-electron chi connectivity index (χ2n) is 7.06. The van der Waals surface area contributed by atoms with Crippen LogP contribution >= 0.6 is 0 Å². The van der Waals surface area contributed by atoms with Gasteiger partial charge < -0.3 is 14.5 Å². The Bertz CT molecular complexity index is 1290. The fourth-order valence-corrected chi connectivity index (χ4v) is 2.96. The topological polar surface area (TPSA) is 98.7 Å². The van der Waals surface area contributed by atoms with E-state index in [2.05, 4.69) is 15.4 Å². The first kappa shape index (κ1) is 19.4. The predicted molar refractivity (Wildman–Crippen MR) is 112 cm³/mol. The molecule has 0 radical (unpaired) electrons. The van der Waals surface area contributed by atoms with E-state index in [1.165, 1.54) is 6.20 Å². The number of hydrogen-bond acceptors (Lipinski definition) is 6. The van der Waals surface area contributed by atoms with E-state index in [1.54, 1.807) is 30.3 Å². The maximum Gasteiger partial charge on any atom is 0.328 e. The zero-order valence-electron chi connectivity index (χ0n) is 16.7. The lowest BCUT2D eigenvalue weighted by atomic mass is 10.1. The van der Waals surface area contributed by atoms with Crippen LogP contribution in [0.3, 0.4) is 0 Å². The number of aryl methyl sites for hydroxylation is 1. The number of aromatic nitrogens is 3. The minimum absolute atomic E-state index is 0.00516. The number of anilines is 1. The molecule has 4 rings (SSSR count). The van der Waals surface area contributed by atoms with E-state index in [-0.39, 0.29) is 23.5 Å². The highest BCUT2D eigenvalue weighted by Crippen LogP contribution is 2.29. The van der Waals surface area contributed by atoms with E-state index < -0.39 is 11.5 Å². The molecule has 0 unspecified atom stereocenters. The molecular formula is C22H20N4O4. The maximum atomic E-state index is 12.8. The van der Waals surface area contributed by atoms with Crippen LogP contribution in [-0.2, 0) is 0 Å². The predicted octanol–water partition coefficient (Wildman–Crippen LogP) is 3.70. The number of carbonyl (C=O) groups excluding carboxylic acids is 1. The number of fused-ring (bicyclic) bond motifs is 1. The van der Waals surface area contributed by atoms with Gasteiger partial charge in [-0.1, -0.05) is 29.8 Å². The number of hydrogen-bond donors (Lipinski definition) is 1. The summed E-state index contributed by atoms with van der Waals surface area (Å²) in [6.07, 6.45) is 1.22. The molecule has 0 aliphatic heterocycles. The van der Waals surface area contributed by atoms with Gasteiger partial charge >= 0.3 is 11.4 Å². The average Bonchev–Trinajstić information content (AvgIpc) is 3.15. The molecule has 1 amide bonds. The number of benzene rings is 2. The minimum Gasteiger partial charge on any atom is -0.490 e. The highest BCUT2D eigenvalue weighted by molar-refractivity contribution is 6.04. The molecule has 2 aromatic heterocycles. The Hall–Kier alpha value is -3.94. The summed E-state index contributed by atoms with van der Waals surface area (Å²) in [6, 6.07) is 14.3. The van der Waals surface area contributed by atoms with E-state index >= 15 is 0 Å². The second kappa shape index (κ2) is 7.82. The van der Waals surface area contributed by atoms with Crippen molar-refractivity contribution < 1.29 is 13.9 Å². The molecule has 0 saturated heterocycles. The van der Waals surface area contributed by atoms with Gasteiger partial charge in [0.05, 0.1) is 17.9 Å². The highest BCUT2D eigenvalue weighted by atomic mass is 16.5. The van der Waals surface area contributed by atoms with Crippen molar-refractivity contribution in [3.05, 3.63) is 76.2 Å². The van der Waals surface area contributed by atoms with Crippen LogP contribution in [0.4, 0.5) is 5.69 Å². The summed E-state index contributed by atoms with van der Waals surface area (Å²) in [5, 5.41) is 6.84. The summed E-state index contributed by atoms with van der Waals surface area (Å²) < 4.78 is 12.5. The van der Waals surface area contributed by atoms with Crippen LogP contribution in [0.2, 0.25) is 0 Å². The van der Waals surface area contributed by atoms with Crippen LogP contribution in [0.15, 0.2) is 63.9 Å². The van der Waals surface area contributed by atoms with Gasteiger partial charge in [-0.3, -0.25) is 9.59 Å². The first-order valence-corrected chi connectivity index (χ1v) is 9.45. The fourth-order valence-electron chi connectivity index (χ4n) is 2.96. The Morgan fingerprint density at radius 3 is 2.73 bits per heavy atom. The molecule has 4 aromatic rings. The zero-order chi connectivity index (χ0) is 21.3. The Morgan fingerprint density at radius 1 is 1.17 bits per heavy atom. The van der Waals surface area contributed by atoms with Crippen LogP contribution in [0.25, 0.3) is 17.3 Å². The van der Waals surface area contributed by atoms with Gasteiger partial charge in [0.1, 0.15) is 11.4 Å². The largest absolute Gasteiger partial charge is 0.490 e. The number of carbonyl (C=O) groups is 1. The zero-order valence-corrected chi connectivity index (χ0v) is 16.7. The molecule has 0 fully saturated rings.